The van der Waals surface area contributed by atoms with Crippen molar-refractivity contribution < 1.29 is 0 Å². The Hall–Kier alpha value is -1.30. The minimum atomic E-state index is 0.351. The highest BCUT2D eigenvalue weighted by Gasteiger charge is 2.09. The fourth-order valence-corrected chi connectivity index (χ4v) is 3.34. The third kappa shape index (κ3) is 6.01. The van der Waals surface area contributed by atoms with Crippen molar-refractivity contribution in [3.8, 4) is 0 Å². The van der Waals surface area contributed by atoms with Crippen LogP contribution < -0.4 is 10.6 Å². The first-order valence-corrected chi connectivity index (χ1v) is 9.14. The average molecular weight is 366 g/mol. The van der Waals surface area contributed by atoms with Crippen molar-refractivity contribution in [1.82, 2.24) is 10.3 Å². The Morgan fingerprint density at radius 2 is 2.04 bits per heavy atom. The predicted octanol–water partition coefficient (Wildman–Crippen LogP) is 5.36. The molecule has 2 aromatic rings. The number of hydrogen-bond donors (Lipinski definition) is 2. The van der Waals surface area contributed by atoms with Gasteiger partial charge in [0, 0.05) is 22.2 Å². The lowest BCUT2D eigenvalue weighted by atomic mass is 10.2. The number of thiocarbonyl (C=S) groups is 1. The Morgan fingerprint density at radius 1 is 1.30 bits per heavy atom. The van der Waals surface area contributed by atoms with Gasteiger partial charge in [0.05, 0.1) is 5.69 Å². The Balaban J connectivity index is 2.05. The summed E-state index contributed by atoms with van der Waals surface area (Å²) in [7, 11) is 0. The molecule has 0 amide bonds. The molecule has 0 saturated heterocycles. The standard InChI is InChI=1S/C17H20ClN3S2/c1-3-5-12(2)20-17(22)21-15-6-4-11-19-16(15)23-14-9-7-13(18)8-10-14/h4,6-12H,3,5H2,1-2H3,(H2,20,21,22)/t12-/m1/s1. The first-order chi connectivity index (χ1) is 11.1. The van der Waals surface area contributed by atoms with Gasteiger partial charge in [-0.3, -0.25) is 0 Å². The van der Waals surface area contributed by atoms with E-state index in [1.165, 1.54) is 0 Å². The zero-order chi connectivity index (χ0) is 16.7. The molecule has 0 aliphatic carbocycles. The van der Waals surface area contributed by atoms with Crippen LogP contribution in [0.15, 0.2) is 52.5 Å². The van der Waals surface area contributed by atoms with Crippen LogP contribution in [0.5, 0.6) is 0 Å². The molecule has 23 heavy (non-hydrogen) atoms. The normalized spacial score (nSPS) is 11.8. The van der Waals surface area contributed by atoms with Gasteiger partial charge in [0.15, 0.2) is 5.11 Å². The van der Waals surface area contributed by atoms with Crippen LogP contribution in [0.1, 0.15) is 26.7 Å². The second kappa shape index (κ2) is 9.11. The number of rotatable bonds is 6. The second-order valence-electron chi connectivity index (χ2n) is 5.20. The topological polar surface area (TPSA) is 37.0 Å². The summed E-state index contributed by atoms with van der Waals surface area (Å²) in [5.74, 6) is 0. The van der Waals surface area contributed by atoms with Crippen molar-refractivity contribution in [3.63, 3.8) is 0 Å². The van der Waals surface area contributed by atoms with Crippen molar-refractivity contribution in [1.29, 1.82) is 0 Å². The highest BCUT2D eigenvalue weighted by molar-refractivity contribution is 7.99. The van der Waals surface area contributed by atoms with Gasteiger partial charge in [0.1, 0.15) is 5.03 Å². The number of benzene rings is 1. The summed E-state index contributed by atoms with van der Waals surface area (Å²) in [6.45, 7) is 4.29. The third-order valence-electron chi connectivity index (χ3n) is 3.15. The summed E-state index contributed by atoms with van der Waals surface area (Å²) in [5.41, 5.74) is 0.897. The van der Waals surface area contributed by atoms with Gasteiger partial charge in [-0.2, -0.15) is 0 Å². The third-order valence-corrected chi connectivity index (χ3v) is 4.65. The lowest BCUT2D eigenvalue weighted by molar-refractivity contribution is 0.599. The molecule has 0 radical (unpaired) electrons. The fourth-order valence-electron chi connectivity index (χ4n) is 2.07. The molecule has 0 spiro atoms. The van der Waals surface area contributed by atoms with Gasteiger partial charge < -0.3 is 10.6 Å². The second-order valence-corrected chi connectivity index (χ2v) is 7.11. The van der Waals surface area contributed by atoms with E-state index in [4.69, 9.17) is 23.8 Å². The van der Waals surface area contributed by atoms with E-state index in [0.29, 0.717) is 11.2 Å². The molecule has 1 atom stereocenters. The molecule has 0 unspecified atom stereocenters. The zero-order valence-corrected chi connectivity index (χ0v) is 15.6. The molecule has 0 saturated carbocycles. The number of nitrogens with one attached hydrogen (secondary N) is 2. The highest BCUT2D eigenvalue weighted by Crippen LogP contribution is 2.32. The first-order valence-electron chi connectivity index (χ1n) is 7.54. The molecule has 0 fully saturated rings. The molecule has 2 rings (SSSR count). The summed E-state index contributed by atoms with van der Waals surface area (Å²) in [4.78, 5) is 5.52. The molecule has 0 aliphatic rings. The number of aromatic nitrogens is 1. The summed E-state index contributed by atoms with van der Waals surface area (Å²) in [5, 5.41) is 8.76. The molecule has 1 heterocycles. The Morgan fingerprint density at radius 3 is 2.74 bits per heavy atom. The van der Waals surface area contributed by atoms with Gasteiger partial charge in [0.2, 0.25) is 0 Å². The first kappa shape index (κ1) is 18.0. The molecule has 2 N–H and O–H groups in total. The lowest BCUT2D eigenvalue weighted by Gasteiger charge is -2.17. The smallest absolute Gasteiger partial charge is 0.171 e. The van der Waals surface area contributed by atoms with Crippen LogP contribution in [0.4, 0.5) is 5.69 Å². The largest absolute Gasteiger partial charge is 0.360 e. The van der Waals surface area contributed by atoms with Crippen molar-refractivity contribution >= 4 is 46.4 Å². The van der Waals surface area contributed by atoms with Gasteiger partial charge in [-0.1, -0.05) is 36.7 Å². The van der Waals surface area contributed by atoms with Gasteiger partial charge in [-0.15, -0.1) is 0 Å². The van der Waals surface area contributed by atoms with Crippen LogP contribution in [0.2, 0.25) is 5.02 Å². The van der Waals surface area contributed by atoms with E-state index in [2.05, 4.69) is 29.5 Å². The van der Waals surface area contributed by atoms with Crippen molar-refractivity contribution in [3.05, 3.63) is 47.6 Å². The Bertz CT molecular complexity index is 647. The van der Waals surface area contributed by atoms with Crippen LogP contribution in [0.25, 0.3) is 0 Å². The van der Waals surface area contributed by atoms with E-state index in [1.54, 1.807) is 18.0 Å². The van der Waals surface area contributed by atoms with Crippen molar-refractivity contribution in [2.75, 3.05) is 5.32 Å². The maximum absolute atomic E-state index is 5.93. The summed E-state index contributed by atoms with van der Waals surface area (Å²) >= 11 is 12.9. The highest BCUT2D eigenvalue weighted by atomic mass is 35.5. The monoisotopic (exact) mass is 365 g/mol. The van der Waals surface area contributed by atoms with Crippen molar-refractivity contribution in [2.45, 2.75) is 42.7 Å². The van der Waals surface area contributed by atoms with Crippen LogP contribution in [-0.4, -0.2) is 16.1 Å². The molecular weight excluding hydrogens is 346 g/mol. The maximum Gasteiger partial charge on any atom is 0.171 e. The number of hydrogen-bond acceptors (Lipinski definition) is 3. The van der Waals surface area contributed by atoms with Crippen LogP contribution >= 0.6 is 35.6 Å². The number of pyridine rings is 1. The van der Waals surface area contributed by atoms with Gasteiger partial charge >= 0.3 is 0 Å². The quantitative estimate of drug-likeness (QED) is 0.674. The molecular formula is C17H20ClN3S2. The minimum Gasteiger partial charge on any atom is -0.360 e. The molecule has 1 aromatic heterocycles. The molecule has 3 nitrogen and oxygen atoms in total. The van der Waals surface area contributed by atoms with Crippen LogP contribution in [-0.2, 0) is 0 Å². The summed E-state index contributed by atoms with van der Waals surface area (Å²) in [6.07, 6.45) is 3.99. The van der Waals surface area contributed by atoms with E-state index in [0.717, 1.165) is 33.5 Å². The Kier molecular flexibility index (Phi) is 7.15. The van der Waals surface area contributed by atoms with Crippen LogP contribution in [0, 0.1) is 0 Å². The van der Waals surface area contributed by atoms with E-state index in [-0.39, 0.29) is 0 Å². The summed E-state index contributed by atoms with van der Waals surface area (Å²) in [6, 6.07) is 11.9. The van der Waals surface area contributed by atoms with E-state index < -0.39 is 0 Å². The van der Waals surface area contributed by atoms with E-state index >= 15 is 0 Å². The maximum atomic E-state index is 5.93. The fraction of sp³-hybridized carbons (Fsp3) is 0.294. The minimum absolute atomic E-state index is 0.351. The summed E-state index contributed by atoms with van der Waals surface area (Å²) < 4.78 is 0. The molecule has 6 heteroatoms. The molecule has 0 aliphatic heterocycles. The number of nitrogens with zero attached hydrogens (tertiary/aromatic N) is 1. The molecule has 0 bridgehead atoms. The van der Waals surface area contributed by atoms with E-state index in [9.17, 15) is 0 Å². The average Bonchev–Trinajstić information content (AvgIpc) is 2.51. The lowest BCUT2D eigenvalue weighted by Crippen LogP contribution is -2.35. The predicted molar refractivity (Wildman–Crippen MR) is 104 cm³/mol. The van der Waals surface area contributed by atoms with Crippen molar-refractivity contribution in [2.24, 2.45) is 0 Å². The van der Waals surface area contributed by atoms with Gasteiger partial charge in [0.25, 0.3) is 0 Å². The number of anilines is 1. The van der Waals surface area contributed by atoms with Gasteiger partial charge in [-0.25, -0.2) is 4.98 Å². The SMILES string of the molecule is CCC[C@@H](C)NC(=S)Nc1cccnc1Sc1ccc(Cl)cc1. The van der Waals surface area contributed by atoms with Crippen LogP contribution in [0.3, 0.4) is 0 Å². The van der Waals surface area contributed by atoms with E-state index in [1.807, 2.05) is 36.4 Å². The zero-order valence-electron chi connectivity index (χ0n) is 13.2. The molecule has 122 valence electrons. The van der Waals surface area contributed by atoms with Gasteiger partial charge in [-0.05, 0) is 62.0 Å². The molecule has 1 aromatic carbocycles. The number of halogens is 1. The Labute approximate surface area is 152 Å².